The Morgan fingerprint density at radius 1 is 0.842 bits per heavy atom. The summed E-state index contributed by atoms with van der Waals surface area (Å²) in [7, 11) is 0. The third kappa shape index (κ3) is 7.52. The Morgan fingerprint density at radius 3 is 2.39 bits per heavy atom. The molecule has 4 aromatic rings. The molecule has 13 heteroatoms. The van der Waals surface area contributed by atoms with Crippen LogP contribution in [0.25, 0.3) is 0 Å². The molecule has 0 radical (unpaired) electrons. The zero-order chi connectivity index (χ0) is 39.5. The summed E-state index contributed by atoms with van der Waals surface area (Å²) >= 11 is 0. The molecule has 4 aliphatic heterocycles. The van der Waals surface area contributed by atoms with Gasteiger partial charge in [-0.2, -0.15) is 0 Å². The predicted octanol–water partition coefficient (Wildman–Crippen LogP) is 4.21. The van der Waals surface area contributed by atoms with Crippen LogP contribution in [0.2, 0.25) is 0 Å². The zero-order valence-corrected chi connectivity index (χ0v) is 31.2. The lowest BCUT2D eigenvalue weighted by Crippen LogP contribution is -2.52. The van der Waals surface area contributed by atoms with E-state index in [0.29, 0.717) is 42.1 Å². The molecule has 0 aromatic heterocycles. The van der Waals surface area contributed by atoms with Crippen LogP contribution in [0.15, 0.2) is 108 Å². The van der Waals surface area contributed by atoms with Crippen LogP contribution in [0.4, 0.5) is 5.69 Å². The summed E-state index contributed by atoms with van der Waals surface area (Å²) < 4.78 is 6.60. The van der Waals surface area contributed by atoms with E-state index in [0.717, 1.165) is 22.3 Å². The Labute approximate surface area is 329 Å². The van der Waals surface area contributed by atoms with Crippen LogP contribution in [0.1, 0.15) is 76.4 Å². The van der Waals surface area contributed by atoms with Crippen molar-refractivity contribution in [2.75, 3.05) is 18.4 Å². The van der Waals surface area contributed by atoms with Crippen LogP contribution in [0.5, 0.6) is 0 Å². The Bertz CT molecular complexity index is 2280. The summed E-state index contributed by atoms with van der Waals surface area (Å²) in [5, 5.41) is 8.13. The molecule has 13 nitrogen and oxygen atoms in total. The Balaban J connectivity index is 0.892. The maximum atomic E-state index is 14.8. The fraction of sp³-hybridized carbons (Fsp3) is 0.295. The van der Waals surface area contributed by atoms with Gasteiger partial charge >= 0.3 is 0 Å². The van der Waals surface area contributed by atoms with E-state index in [1.54, 1.807) is 23.1 Å². The first kappa shape index (κ1) is 37.3. The number of imide groups is 1. The first-order chi connectivity index (χ1) is 27.7. The number of rotatable bonds is 12. The van der Waals surface area contributed by atoms with Crippen molar-refractivity contribution in [3.63, 3.8) is 0 Å². The Kier molecular flexibility index (Phi) is 10.4. The topological polar surface area (TPSA) is 167 Å². The third-order valence-corrected chi connectivity index (χ3v) is 11.0. The lowest BCUT2D eigenvalue weighted by Gasteiger charge is -2.32. The van der Waals surface area contributed by atoms with E-state index < -0.39 is 23.6 Å². The largest absolute Gasteiger partial charge is 0.466 e. The molecule has 0 spiro atoms. The molecule has 0 saturated carbocycles. The highest BCUT2D eigenvalue weighted by atomic mass is 16.5. The monoisotopic (exact) mass is 766 g/mol. The summed E-state index contributed by atoms with van der Waals surface area (Å²) in [6.07, 6.45) is 1.16. The highest BCUT2D eigenvalue weighted by Gasteiger charge is 2.57. The highest BCUT2D eigenvalue weighted by Crippen LogP contribution is 2.46. The standard InChI is InChI=1S/C44H42N6O7/c51-36(46-34-19-11-18-32-33(34)26-50(42(32)55)35-21-22-37(52)47-40(35)54)20-9-10-23-45-38(53)27-49-25-30-16-7-8-17-31(30)39-44(43(49)56,24-28-12-3-1-4-13-28)48-41(57-39)29-14-5-2-6-15-29/h1-8,11-19,35,39H,9-10,20-27H2,(H,45,53)(H,46,51)(H,47,52,54)/t35?,39-,44-/m0/s1. The SMILES string of the molecule is O=C(CN1Cc2ccccc2[C@@H]2OC(c3ccccc3)=N[C@]2(Cc2ccccc2)C1=O)NCCCCC(=O)Nc1cccc2c1CN(C1CCC(=O)NC1=O)C2=O. The molecular weight excluding hydrogens is 725 g/mol. The van der Waals surface area contributed by atoms with E-state index in [2.05, 4.69) is 16.0 Å². The van der Waals surface area contributed by atoms with Crippen molar-refractivity contribution in [2.45, 2.75) is 69.3 Å². The number of unbranched alkanes of at least 4 members (excludes halogenated alkanes) is 1. The number of fused-ring (bicyclic) bond motifs is 4. The molecule has 0 bridgehead atoms. The average Bonchev–Trinajstić information content (AvgIpc) is 3.74. The molecule has 0 aliphatic carbocycles. The minimum Gasteiger partial charge on any atom is -0.466 e. The quantitative estimate of drug-likeness (QED) is 0.144. The summed E-state index contributed by atoms with van der Waals surface area (Å²) in [6, 6.07) is 31.3. The van der Waals surface area contributed by atoms with Gasteiger partial charge in [-0.1, -0.05) is 78.9 Å². The minimum absolute atomic E-state index is 0.148. The van der Waals surface area contributed by atoms with Crippen LogP contribution in [-0.4, -0.2) is 75.8 Å². The van der Waals surface area contributed by atoms with Crippen molar-refractivity contribution in [3.05, 3.63) is 137 Å². The van der Waals surface area contributed by atoms with Crippen molar-refractivity contribution >= 4 is 47.0 Å². The molecule has 6 amide bonds. The predicted molar refractivity (Wildman–Crippen MR) is 210 cm³/mol. The van der Waals surface area contributed by atoms with Crippen molar-refractivity contribution in [2.24, 2.45) is 4.99 Å². The number of nitrogens with one attached hydrogen (secondary N) is 3. The summed E-state index contributed by atoms with van der Waals surface area (Å²) in [5.74, 6) is -1.65. The fourth-order valence-corrected chi connectivity index (χ4v) is 8.18. The normalized spacial score (nSPS) is 21.1. The number of amides is 6. The fourth-order valence-electron chi connectivity index (χ4n) is 8.18. The van der Waals surface area contributed by atoms with Crippen LogP contribution in [0.3, 0.4) is 0 Å². The van der Waals surface area contributed by atoms with E-state index in [1.165, 1.54) is 4.90 Å². The molecule has 4 aromatic carbocycles. The molecule has 1 saturated heterocycles. The first-order valence-electron chi connectivity index (χ1n) is 19.3. The number of hydrogen-bond acceptors (Lipinski definition) is 8. The lowest BCUT2D eigenvalue weighted by atomic mass is 9.81. The minimum atomic E-state index is -1.35. The lowest BCUT2D eigenvalue weighted by molar-refractivity contribution is -0.143. The van der Waals surface area contributed by atoms with E-state index >= 15 is 0 Å². The van der Waals surface area contributed by atoms with Gasteiger partial charge in [-0.15, -0.1) is 0 Å². The molecule has 57 heavy (non-hydrogen) atoms. The van der Waals surface area contributed by atoms with E-state index in [-0.39, 0.29) is 74.9 Å². The van der Waals surface area contributed by atoms with Gasteiger partial charge in [0, 0.05) is 66.8 Å². The number of benzene rings is 4. The van der Waals surface area contributed by atoms with Crippen LogP contribution in [0, 0.1) is 0 Å². The molecule has 1 unspecified atom stereocenters. The number of hydrogen-bond donors (Lipinski definition) is 3. The van der Waals surface area contributed by atoms with Crippen LogP contribution in [-0.2, 0) is 48.2 Å². The average molecular weight is 767 g/mol. The van der Waals surface area contributed by atoms with Gasteiger partial charge in [0.15, 0.2) is 11.6 Å². The zero-order valence-electron chi connectivity index (χ0n) is 31.2. The molecule has 1 fully saturated rings. The smallest absolute Gasteiger partial charge is 0.256 e. The second kappa shape index (κ2) is 15.8. The molecule has 4 heterocycles. The van der Waals surface area contributed by atoms with Gasteiger partial charge in [0.1, 0.15) is 6.04 Å². The third-order valence-electron chi connectivity index (χ3n) is 11.0. The van der Waals surface area contributed by atoms with Crippen LogP contribution >= 0.6 is 0 Å². The number of nitrogens with zero attached hydrogens (tertiary/aromatic N) is 3. The second-order valence-electron chi connectivity index (χ2n) is 14.8. The van der Waals surface area contributed by atoms with Crippen molar-refractivity contribution in [3.8, 4) is 0 Å². The number of piperidine rings is 1. The van der Waals surface area contributed by atoms with Gasteiger partial charge in [0.25, 0.3) is 11.8 Å². The number of aliphatic imine (C=N–C) groups is 1. The molecular formula is C44H42N6O7. The molecule has 8 rings (SSSR count). The molecule has 4 aliphatic rings. The molecule has 3 N–H and O–H groups in total. The number of carbonyl (C=O) groups is 6. The van der Waals surface area contributed by atoms with Gasteiger partial charge in [0.05, 0.1) is 6.54 Å². The van der Waals surface area contributed by atoms with Crippen molar-refractivity contribution in [1.29, 1.82) is 0 Å². The summed E-state index contributed by atoms with van der Waals surface area (Å²) in [6.45, 7) is 0.490. The van der Waals surface area contributed by atoms with E-state index in [4.69, 9.17) is 9.73 Å². The van der Waals surface area contributed by atoms with Crippen molar-refractivity contribution < 1.29 is 33.5 Å². The van der Waals surface area contributed by atoms with Gasteiger partial charge in [0.2, 0.25) is 29.5 Å². The Morgan fingerprint density at radius 2 is 1.60 bits per heavy atom. The summed E-state index contributed by atoms with van der Waals surface area (Å²) in [4.78, 5) is 86.6. The van der Waals surface area contributed by atoms with E-state index in [1.807, 2.05) is 84.9 Å². The number of ether oxygens (including phenoxy) is 1. The van der Waals surface area contributed by atoms with Gasteiger partial charge < -0.3 is 25.2 Å². The number of carbonyl (C=O) groups excluding carboxylic acids is 6. The van der Waals surface area contributed by atoms with E-state index in [9.17, 15) is 28.8 Å². The van der Waals surface area contributed by atoms with Gasteiger partial charge in [-0.25, -0.2) is 4.99 Å². The maximum Gasteiger partial charge on any atom is 0.256 e. The second-order valence-corrected chi connectivity index (χ2v) is 14.8. The number of anilines is 1. The summed E-state index contributed by atoms with van der Waals surface area (Å²) in [5.41, 5.74) is 3.62. The highest BCUT2D eigenvalue weighted by molar-refractivity contribution is 6.07. The van der Waals surface area contributed by atoms with Gasteiger partial charge in [-0.3, -0.25) is 34.1 Å². The molecule has 290 valence electrons. The maximum absolute atomic E-state index is 14.8. The Hall–Kier alpha value is -6.63. The first-order valence-corrected chi connectivity index (χ1v) is 19.3. The van der Waals surface area contributed by atoms with Crippen LogP contribution < -0.4 is 16.0 Å². The van der Waals surface area contributed by atoms with Gasteiger partial charge in [-0.05, 0) is 54.7 Å². The van der Waals surface area contributed by atoms with Crippen molar-refractivity contribution in [1.82, 2.24) is 20.4 Å². The molecule has 3 atom stereocenters.